The molecular weight excluding hydrogens is 336 g/mol. The number of hydrogen-bond acceptors (Lipinski definition) is 5. The van der Waals surface area contributed by atoms with Crippen LogP contribution in [0.15, 0.2) is 24.3 Å². The van der Waals surface area contributed by atoms with Gasteiger partial charge < -0.3 is 25.6 Å². The third-order valence-electron chi connectivity index (χ3n) is 3.25. The van der Waals surface area contributed by atoms with Crippen molar-refractivity contribution in [3.8, 4) is 5.75 Å². The van der Waals surface area contributed by atoms with Crippen molar-refractivity contribution in [1.29, 1.82) is 0 Å². The Morgan fingerprint density at radius 2 is 1.62 bits per heavy atom. The summed E-state index contributed by atoms with van der Waals surface area (Å²) in [6.07, 6.45) is -0.705. The van der Waals surface area contributed by atoms with E-state index in [9.17, 15) is 9.59 Å². The van der Waals surface area contributed by atoms with Gasteiger partial charge in [-0.2, -0.15) is 0 Å². The number of rotatable bonds is 5. The van der Waals surface area contributed by atoms with E-state index in [1.165, 1.54) is 0 Å². The summed E-state index contributed by atoms with van der Waals surface area (Å²) < 4.78 is 9.96. The predicted octanol–water partition coefficient (Wildman–Crippen LogP) is 3.34. The lowest BCUT2D eigenvalue weighted by molar-refractivity contribution is -0.140. The second-order valence-electron chi connectivity index (χ2n) is 7.27. The van der Waals surface area contributed by atoms with Crippen LogP contribution in [-0.2, 0) is 9.53 Å². The number of carbonyl (C=O) groups excluding carboxylic acids is 1. The Bertz CT molecular complexity index is 562. The minimum atomic E-state index is -1.06. The van der Waals surface area contributed by atoms with Crippen LogP contribution in [0.5, 0.6) is 5.75 Å². The number of carboxylic acids is 1. The maximum absolute atomic E-state index is 11.3. The van der Waals surface area contributed by atoms with Crippen molar-refractivity contribution < 1.29 is 24.2 Å². The highest BCUT2D eigenvalue weighted by atomic mass is 16.6. The number of nitrogens with two attached hydrogens (primary N) is 1. The fourth-order valence-corrected chi connectivity index (χ4v) is 1.86. The van der Waals surface area contributed by atoms with E-state index in [2.05, 4.69) is 5.32 Å². The number of carboxylic acid groups (broad SMARTS) is 1. The summed E-state index contributed by atoms with van der Waals surface area (Å²) in [4.78, 5) is 22.1. The summed E-state index contributed by atoms with van der Waals surface area (Å²) in [7, 11) is 1.65. The van der Waals surface area contributed by atoms with Crippen molar-refractivity contribution >= 4 is 12.1 Å². The molecule has 7 nitrogen and oxygen atoms in total. The van der Waals surface area contributed by atoms with Crippen LogP contribution < -0.4 is 15.8 Å². The first-order chi connectivity index (χ1) is 11.9. The van der Waals surface area contributed by atoms with E-state index in [1.54, 1.807) is 41.7 Å². The monoisotopic (exact) mass is 368 g/mol. The summed E-state index contributed by atoms with van der Waals surface area (Å²) in [5.74, 6) is -0.375. The van der Waals surface area contributed by atoms with Crippen LogP contribution in [0.4, 0.5) is 4.79 Å². The fraction of sp³-hybridized carbons (Fsp3) is 0.579. The normalized spacial score (nSPS) is 13.1. The van der Waals surface area contributed by atoms with Crippen molar-refractivity contribution in [2.75, 3.05) is 7.11 Å². The molecule has 0 aromatic heterocycles. The minimum Gasteiger partial charge on any atom is -0.497 e. The average Bonchev–Trinajstić information content (AvgIpc) is 2.51. The fourth-order valence-electron chi connectivity index (χ4n) is 1.86. The number of methoxy groups -OCH3 is 1. The maximum atomic E-state index is 11.3. The van der Waals surface area contributed by atoms with Crippen LogP contribution in [-0.4, -0.2) is 35.9 Å². The largest absolute Gasteiger partial charge is 0.497 e. The Morgan fingerprint density at radius 3 is 1.92 bits per heavy atom. The minimum absolute atomic E-state index is 0.0981. The topological polar surface area (TPSA) is 111 Å². The van der Waals surface area contributed by atoms with E-state index >= 15 is 0 Å². The maximum Gasteiger partial charge on any atom is 0.408 e. The number of ether oxygens (including phenoxy) is 2. The molecule has 1 unspecified atom stereocenters. The average molecular weight is 368 g/mol. The number of amides is 1. The smallest absolute Gasteiger partial charge is 0.408 e. The van der Waals surface area contributed by atoms with Crippen molar-refractivity contribution in [2.45, 2.75) is 59.2 Å². The van der Waals surface area contributed by atoms with E-state index in [0.29, 0.717) is 0 Å². The lowest BCUT2D eigenvalue weighted by atomic mass is 10.1. The zero-order valence-corrected chi connectivity index (χ0v) is 16.7. The van der Waals surface area contributed by atoms with Crippen molar-refractivity contribution in [2.24, 2.45) is 11.7 Å². The lowest BCUT2D eigenvalue weighted by Gasteiger charge is -2.23. The second-order valence-corrected chi connectivity index (χ2v) is 7.27. The molecule has 0 aliphatic heterocycles. The first-order valence-corrected chi connectivity index (χ1v) is 8.49. The molecule has 2 atom stereocenters. The van der Waals surface area contributed by atoms with Gasteiger partial charge in [-0.25, -0.2) is 9.59 Å². The van der Waals surface area contributed by atoms with Crippen LogP contribution in [0.2, 0.25) is 0 Å². The van der Waals surface area contributed by atoms with Crippen LogP contribution in [0.1, 0.15) is 53.1 Å². The van der Waals surface area contributed by atoms with Gasteiger partial charge in [-0.1, -0.05) is 26.0 Å². The van der Waals surface area contributed by atoms with Gasteiger partial charge in [0.2, 0.25) is 0 Å². The lowest BCUT2D eigenvalue weighted by Crippen LogP contribution is -2.46. The highest BCUT2D eigenvalue weighted by molar-refractivity contribution is 5.80. The van der Waals surface area contributed by atoms with Gasteiger partial charge >= 0.3 is 12.1 Å². The van der Waals surface area contributed by atoms with E-state index in [4.69, 9.17) is 20.3 Å². The second kappa shape index (κ2) is 10.7. The molecule has 1 amide bonds. The molecular formula is C19H32N2O5. The number of carbonyl (C=O) groups is 2. The molecule has 0 fully saturated rings. The quantitative estimate of drug-likeness (QED) is 0.735. The molecule has 0 spiro atoms. The number of benzene rings is 1. The molecule has 0 bridgehead atoms. The summed E-state index contributed by atoms with van der Waals surface area (Å²) in [6, 6.07) is 6.96. The highest BCUT2D eigenvalue weighted by Gasteiger charge is 2.26. The van der Waals surface area contributed by atoms with Gasteiger partial charge in [0.05, 0.1) is 7.11 Å². The van der Waals surface area contributed by atoms with E-state index in [1.807, 2.05) is 31.2 Å². The molecule has 1 aromatic carbocycles. The molecule has 1 rings (SSSR count). The van der Waals surface area contributed by atoms with Gasteiger partial charge in [-0.05, 0) is 51.3 Å². The zero-order valence-electron chi connectivity index (χ0n) is 16.7. The Kier molecular flexibility index (Phi) is 9.72. The Morgan fingerprint density at radius 1 is 1.12 bits per heavy atom. The summed E-state index contributed by atoms with van der Waals surface area (Å²) in [5, 5.41) is 11.1. The van der Waals surface area contributed by atoms with Crippen molar-refractivity contribution in [3.63, 3.8) is 0 Å². The molecule has 0 radical (unpaired) electrons. The summed E-state index contributed by atoms with van der Waals surface area (Å²) in [6.45, 7) is 10.6. The SMILES string of the molecule is CC(C)[C@H](NC(=O)OC(C)(C)C)C(=O)O.COc1ccc(C(C)N)cc1. The molecule has 0 saturated carbocycles. The van der Waals surface area contributed by atoms with E-state index < -0.39 is 23.7 Å². The first-order valence-electron chi connectivity index (χ1n) is 8.49. The van der Waals surface area contributed by atoms with Crippen LogP contribution in [0.25, 0.3) is 0 Å². The van der Waals surface area contributed by atoms with E-state index in [0.717, 1.165) is 11.3 Å². The molecule has 7 heteroatoms. The molecule has 1 aromatic rings. The van der Waals surface area contributed by atoms with Gasteiger partial charge in [0.1, 0.15) is 17.4 Å². The molecule has 26 heavy (non-hydrogen) atoms. The predicted molar refractivity (Wildman–Crippen MR) is 101 cm³/mol. The molecule has 0 aliphatic carbocycles. The first kappa shape index (κ1) is 23.7. The van der Waals surface area contributed by atoms with Crippen LogP contribution in [0.3, 0.4) is 0 Å². The summed E-state index contributed by atoms with van der Waals surface area (Å²) in [5.41, 5.74) is 6.17. The number of hydrogen-bond donors (Lipinski definition) is 3. The standard InChI is InChI=1S/C10H19NO4.C9H13NO/c1-6(2)7(8(12)13)11-9(14)15-10(3,4)5;1-7(10)8-3-5-9(11-2)6-4-8/h6-7H,1-5H3,(H,11,14)(H,12,13);3-7H,10H2,1-2H3/t7-;/m0./s1. The van der Waals surface area contributed by atoms with Crippen molar-refractivity contribution in [1.82, 2.24) is 5.32 Å². The number of nitrogens with one attached hydrogen (secondary N) is 1. The van der Waals surface area contributed by atoms with Gasteiger partial charge in [0.15, 0.2) is 0 Å². The van der Waals surface area contributed by atoms with E-state index in [-0.39, 0.29) is 12.0 Å². The van der Waals surface area contributed by atoms with Gasteiger partial charge in [0.25, 0.3) is 0 Å². The summed E-state index contributed by atoms with van der Waals surface area (Å²) >= 11 is 0. The molecule has 4 N–H and O–H groups in total. The van der Waals surface area contributed by atoms with Crippen LogP contribution in [0, 0.1) is 5.92 Å². The van der Waals surface area contributed by atoms with Gasteiger partial charge in [0, 0.05) is 6.04 Å². The molecule has 0 saturated heterocycles. The number of alkyl carbamates (subject to hydrolysis) is 1. The van der Waals surface area contributed by atoms with Gasteiger partial charge in [-0.3, -0.25) is 0 Å². The molecule has 148 valence electrons. The third-order valence-corrected chi connectivity index (χ3v) is 3.25. The number of aliphatic carboxylic acids is 1. The van der Waals surface area contributed by atoms with Crippen molar-refractivity contribution in [3.05, 3.63) is 29.8 Å². The van der Waals surface area contributed by atoms with Gasteiger partial charge in [-0.15, -0.1) is 0 Å². The Labute approximate surface area is 155 Å². The Hall–Kier alpha value is -2.28. The highest BCUT2D eigenvalue weighted by Crippen LogP contribution is 2.15. The zero-order chi connectivity index (χ0) is 20.5. The molecule has 0 heterocycles. The molecule has 0 aliphatic rings. The van der Waals surface area contributed by atoms with Crippen LogP contribution >= 0.6 is 0 Å². The third kappa shape index (κ3) is 9.88. The Balaban J connectivity index is 0.000000502.